The average molecular weight is 302 g/mol. The van der Waals surface area contributed by atoms with E-state index in [1.165, 1.54) is 0 Å². The molecule has 0 bridgehead atoms. The predicted octanol–water partition coefficient (Wildman–Crippen LogP) is 4.03. The van der Waals surface area contributed by atoms with Gasteiger partial charge in [0.15, 0.2) is 0 Å². The van der Waals surface area contributed by atoms with Crippen LogP contribution in [0.4, 0.5) is 5.69 Å². The first-order valence-corrected chi connectivity index (χ1v) is 7.23. The third kappa shape index (κ3) is 2.67. The third-order valence-electron chi connectivity index (χ3n) is 3.45. The van der Waals surface area contributed by atoms with E-state index in [0.717, 1.165) is 29.1 Å². The lowest BCUT2D eigenvalue weighted by Gasteiger charge is -2.09. The van der Waals surface area contributed by atoms with Crippen LogP contribution >= 0.6 is 11.6 Å². The number of nitrogens with one attached hydrogen (secondary N) is 1. The van der Waals surface area contributed by atoms with Crippen LogP contribution in [0, 0.1) is 0 Å². The first-order valence-electron chi connectivity index (χ1n) is 6.85. The second kappa shape index (κ2) is 5.66. The summed E-state index contributed by atoms with van der Waals surface area (Å²) in [5.41, 5.74) is 2.99. The second-order valence-electron chi connectivity index (χ2n) is 4.78. The van der Waals surface area contributed by atoms with Gasteiger partial charge in [0, 0.05) is 12.2 Å². The van der Waals surface area contributed by atoms with Crippen LogP contribution in [0.15, 0.2) is 42.5 Å². The Balaban J connectivity index is 1.86. The molecule has 2 aromatic carbocycles. The molecule has 108 valence electrons. The number of aryl methyl sites for hydroxylation is 1. The molecule has 0 saturated carbocycles. The third-order valence-corrected chi connectivity index (χ3v) is 3.75. The summed E-state index contributed by atoms with van der Waals surface area (Å²) in [4.78, 5) is 4.66. The molecule has 0 unspecified atom stereocenters. The van der Waals surface area contributed by atoms with Gasteiger partial charge in [-0.2, -0.15) is 0 Å². The summed E-state index contributed by atoms with van der Waals surface area (Å²) < 4.78 is 2.18. The van der Waals surface area contributed by atoms with E-state index in [4.69, 9.17) is 11.6 Å². The van der Waals surface area contributed by atoms with Crippen molar-refractivity contribution in [2.24, 2.45) is 0 Å². The molecule has 1 aromatic heterocycles. The highest BCUT2D eigenvalue weighted by molar-refractivity contribution is 6.32. The fraction of sp³-hybridized carbons (Fsp3) is 0.188. The molecule has 5 heteroatoms. The Kier molecular flexibility index (Phi) is 3.71. The minimum absolute atomic E-state index is 0.0861. The molecule has 0 atom stereocenters. The Morgan fingerprint density at radius 3 is 2.81 bits per heavy atom. The highest BCUT2D eigenvalue weighted by Gasteiger charge is 2.09. The molecule has 0 radical (unpaired) electrons. The van der Waals surface area contributed by atoms with Gasteiger partial charge >= 0.3 is 0 Å². The molecule has 2 N–H and O–H groups in total. The van der Waals surface area contributed by atoms with E-state index in [2.05, 4.69) is 27.9 Å². The van der Waals surface area contributed by atoms with Crippen LogP contribution in [0.5, 0.6) is 5.75 Å². The number of imidazole rings is 1. The summed E-state index contributed by atoms with van der Waals surface area (Å²) in [5, 5.41) is 13.1. The maximum Gasteiger partial charge on any atom is 0.134 e. The number of halogens is 1. The number of aromatic hydroxyl groups is 1. The van der Waals surface area contributed by atoms with Gasteiger partial charge in [-0.25, -0.2) is 4.98 Å². The molecule has 3 rings (SSSR count). The topological polar surface area (TPSA) is 50.1 Å². The SMILES string of the molecule is CCn1c(CNc2ccc(O)c(Cl)c2)nc2ccccc21. The van der Waals surface area contributed by atoms with Crippen LogP contribution in [0.2, 0.25) is 5.02 Å². The molecule has 0 aliphatic rings. The van der Waals surface area contributed by atoms with Gasteiger partial charge in [-0.05, 0) is 37.3 Å². The highest BCUT2D eigenvalue weighted by Crippen LogP contribution is 2.26. The fourth-order valence-corrected chi connectivity index (χ4v) is 2.59. The van der Waals surface area contributed by atoms with Gasteiger partial charge < -0.3 is 15.0 Å². The van der Waals surface area contributed by atoms with Crippen molar-refractivity contribution < 1.29 is 5.11 Å². The number of hydrogen-bond acceptors (Lipinski definition) is 3. The Morgan fingerprint density at radius 2 is 2.05 bits per heavy atom. The molecule has 0 fully saturated rings. The number of para-hydroxylation sites is 2. The fourth-order valence-electron chi connectivity index (χ4n) is 2.41. The minimum atomic E-state index is 0.0861. The number of phenols is 1. The minimum Gasteiger partial charge on any atom is -0.506 e. The van der Waals surface area contributed by atoms with Crippen LogP contribution < -0.4 is 5.32 Å². The van der Waals surface area contributed by atoms with Gasteiger partial charge in [0.1, 0.15) is 11.6 Å². The van der Waals surface area contributed by atoms with Gasteiger partial charge in [-0.1, -0.05) is 23.7 Å². The normalized spacial score (nSPS) is 11.0. The van der Waals surface area contributed by atoms with Crippen molar-refractivity contribution in [2.75, 3.05) is 5.32 Å². The van der Waals surface area contributed by atoms with Gasteiger partial charge in [0.05, 0.1) is 22.6 Å². The van der Waals surface area contributed by atoms with E-state index in [0.29, 0.717) is 11.6 Å². The van der Waals surface area contributed by atoms with Crippen molar-refractivity contribution in [3.63, 3.8) is 0 Å². The molecule has 4 nitrogen and oxygen atoms in total. The zero-order valence-corrected chi connectivity index (χ0v) is 12.4. The van der Waals surface area contributed by atoms with Crippen molar-refractivity contribution in [3.8, 4) is 5.75 Å². The molecule has 0 aliphatic carbocycles. The maximum absolute atomic E-state index is 9.43. The first-order chi connectivity index (χ1) is 10.2. The highest BCUT2D eigenvalue weighted by atomic mass is 35.5. The van der Waals surface area contributed by atoms with Crippen LogP contribution in [0.1, 0.15) is 12.7 Å². The summed E-state index contributed by atoms with van der Waals surface area (Å²) >= 11 is 5.91. The summed E-state index contributed by atoms with van der Waals surface area (Å²) in [5.74, 6) is 1.06. The van der Waals surface area contributed by atoms with E-state index < -0.39 is 0 Å². The Labute approximate surface area is 128 Å². The Morgan fingerprint density at radius 1 is 1.24 bits per heavy atom. The molecular weight excluding hydrogens is 286 g/mol. The maximum atomic E-state index is 9.43. The van der Waals surface area contributed by atoms with E-state index >= 15 is 0 Å². The number of phenolic OH excluding ortho intramolecular Hbond substituents is 1. The number of hydrogen-bond donors (Lipinski definition) is 2. The second-order valence-corrected chi connectivity index (χ2v) is 5.19. The van der Waals surface area contributed by atoms with Crippen molar-refractivity contribution in [3.05, 3.63) is 53.3 Å². The van der Waals surface area contributed by atoms with E-state index in [1.807, 2.05) is 18.2 Å². The van der Waals surface area contributed by atoms with Gasteiger partial charge in [0.2, 0.25) is 0 Å². The lowest BCUT2D eigenvalue weighted by molar-refractivity contribution is 0.475. The number of fused-ring (bicyclic) bond motifs is 1. The van der Waals surface area contributed by atoms with Crippen molar-refractivity contribution >= 4 is 28.3 Å². The van der Waals surface area contributed by atoms with Crippen molar-refractivity contribution in [1.82, 2.24) is 9.55 Å². The molecule has 3 aromatic rings. The van der Waals surface area contributed by atoms with Crippen LogP contribution in [-0.2, 0) is 13.1 Å². The molecule has 0 amide bonds. The van der Waals surface area contributed by atoms with E-state index in [-0.39, 0.29) is 5.75 Å². The monoisotopic (exact) mass is 301 g/mol. The van der Waals surface area contributed by atoms with Gasteiger partial charge in [-0.15, -0.1) is 0 Å². The van der Waals surface area contributed by atoms with E-state index in [1.54, 1.807) is 18.2 Å². The van der Waals surface area contributed by atoms with Crippen LogP contribution in [-0.4, -0.2) is 14.7 Å². The van der Waals surface area contributed by atoms with Gasteiger partial charge in [-0.3, -0.25) is 0 Å². The molecule has 0 aliphatic heterocycles. The lowest BCUT2D eigenvalue weighted by Crippen LogP contribution is -2.07. The summed E-state index contributed by atoms with van der Waals surface area (Å²) in [7, 11) is 0. The Hall–Kier alpha value is -2.20. The van der Waals surface area contributed by atoms with E-state index in [9.17, 15) is 5.11 Å². The zero-order chi connectivity index (χ0) is 14.8. The van der Waals surface area contributed by atoms with Crippen LogP contribution in [0.25, 0.3) is 11.0 Å². The molecule has 0 spiro atoms. The summed E-state index contributed by atoms with van der Waals surface area (Å²) in [6.07, 6.45) is 0. The number of nitrogens with zero attached hydrogens (tertiary/aromatic N) is 2. The average Bonchev–Trinajstić information content (AvgIpc) is 2.86. The zero-order valence-electron chi connectivity index (χ0n) is 11.7. The Bertz CT molecular complexity index is 782. The summed E-state index contributed by atoms with van der Waals surface area (Å²) in [6.45, 7) is 3.58. The molecular formula is C16H16ClN3O. The number of benzene rings is 2. The standard InChI is InChI=1S/C16H16ClN3O/c1-2-20-14-6-4-3-5-13(14)19-16(20)10-18-11-7-8-15(21)12(17)9-11/h3-9,18,21H,2,10H2,1H3. The lowest BCUT2D eigenvalue weighted by atomic mass is 10.3. The molecule has 0 saturated heterocycles. The van der Waals surface area contributed by atoms with Gasteiger partial charge in [0.25, 0.3) is 0 Å². The molecule has 21 heavy (non-hydrogen) atoms. The predicted molar refractivity (Wildman–Crippen MR) is 85.9 cm³/mol. The van der Waals surface area contributed by atoms with Crippen LogP contribution in [0.3, 0.4) is 0 Å². The number of aromatic nitrogens is 2. The largest absolute Gasteiger partial charge is 0.506 e. The van der Waals surface area contributed by atoms with Crippen molar-refractivity contribution in [2.45, 2.75) is 20.0 Å². The number of anilines is 1. The number of rotatable bonds is 4. The first kappa shape index (κ1) is 13.8. The smallest absolute Gasteiger partial charge is 0.134 e. The summed E-state index contributed by atoms with van der Waals surface area (Å²) in [6, 6.07) is 13.2. The molecule has 1 heterocycles. The quantitative estimate of drug-likeness (QED) is 0.715. The van der Waals surface area contributed by atoms with Crippen molar-refractivity contribution in [1.29, 1.82) is 0 Å².